The third-order valence-corrected chi connectivity index (χ3v) is 3.29. The van der Waals surface area contributed by atoms with Gasteiger partial charge >= 0.3 is 0 Å². The molecule has 5 nitrogen and oxygen atoms in total. The van der Waals surface area contributed by atoms with Gasteiger partial charge in [-0.25, -0.2) is 0 Å². The minimum atomic E-state index is -1.03. The normalized spacial score (nSPS) is 9.62. The molecule has 0 spiro atoms. The Bertz CT molecular complexity index is 207. The fourth-order valence-electron chi connectivity index (χ4n) is 1.75. The van der Waals surface area contributed by atoms with Crippen molar-refractivity contribution in [1.82, 2.24) is 4.90 Å². The predicted molar refractivity (Wildman–Crippen MR) is 80.8 cm³/mol. The number of aliphatic hydroxyl groups excluding tert-OH is 1. The lowest BCUT2D eigenvalue weighted by molar-refractivity contribution is -0.896. The quantitative estimate of drug-likeness (QED) is 0.454. The molecule has 0 radical (unpaired) electrons. The zero-order valence-corrected chi connectivity index (χ0v) is 14.9. The molecule has 0 unspecified atom stereocenters. The number of halogens is 1. The van der Waals surface area contributed by atoms with Crippen molar-refractivity contribution in [3.8, 4) is 0 Å². The van der Waals surface area contributed by atoms with Crippen LogP contribution in [-0.2, 0) is 0 Å². The first-order valence-electron chi connectivity index (χ1n) is 7.97. The highest BCUT2D eigenvalue weighted by atomic mass is 35.5. The van der Waals surface area contributed by atoms with Gasteiger partial charge in [-0.2, -0.15) is 0 Å². The Hall–Kier alpha value is -0.520. The molecule has 0 bridgehead atoms. The first-order chi connectivity index (χ1) is 9.56. The van der Waals surface area contributed by atoms with Crippen molar-refractivity contribution >= 4 is 6.09 Å². The molecule has 0 aliphatic heterocycles. The van der Waals surface area contributed by atoms with E-state index in [2.05, 4.69) is 13.8 Å². The van der Waals surface area contributed by atoms with Gasteiger partial charge in [0, 0.05) is 13.1 Å². The lowest BCUT2D eigenvalue weighted by Gasteiger charge is -2.24. The van der Waals surface area contributed by atoms with E-state index in [9.17, 15) is 9.90 Å². The van der Waals surface area contributed by atoms with Gasteiger partial charge in [-0.1, -0.05) is 26.7 Å². The van der Waals surface area contributed by atoms with Crippen molar-refractivity contribution in [3.63, 3.8) is 0 Å². The van der Waals surface area contributed by atoms with E-state index in [-0.39, 0.29) is 12.4 Å². The van der Waals surface area contributed by atoms with Crippen LogP contribution in [0.4, 0.5) is 4.79 Å². The molecule has 0 rings (SSSR count). The summed E-state index contributed by atoms with van der Waals surface area (Å²) in [6, 6.07) is 0. The molecule has 130 valence electrons. The van der Waals surface area contributed by atoms with Gasteiger partial charge in [0.25, 0.3) is 0 Å². The van der Waals surface area contributed by atoms with Crippen molar-refractivity contribution in [2.45, 2.75) is 53.4 Å². The fraction of sp³-hybridized carbons (Fsp3) is 0.933. The number of carbonyl (C=O) groups excluding carboxylic acids is 1. The third-order valence-electron chi connectivity index (χ3n) is 3.29. The number of amides is 1. The molecule has 0 heterocycles. The molecule has 0 aromatic carbocycles. The summed E-state index contributed by atoms with van der Waals surface area (Å²) < 4.78 is 0. The van der Waals surface area contributed by atoms with E-state index < -0.39 is 6.09 Å². The molecule has 0 aromatic rings. The molecule has 1 amide bonds. The SMILES string of the molecule is CCCCN(CCCC)C(=O)[O-].CC[NH+](CC)CCO.[Cl-]. The average Bonchev–Trinajstić information content (AvgIpc) is 2.45. The zero-order chi connectivity index (χ0) is 15.8. The minimum Gasteiger partial charge on any atom is -1.00 e. The molecule has 0 aliphatic carbocycles. The number of aliphatic hydroxyl groups is 1. The Morgan fingerprint density at radius 2 is 1.48 bits per heavy atom. The molecule has 0 saturated heterocycles. The zero-order valence-electron chi connectivity index (χ0n) is 14.2. The van der Waals surface area contributed by atoms with Crippen LogP contribution >= 0.6 is 0 Å². The van der Waals surface area contributed by atoms with Crippen LogP contribution in [0.2, 0.25) is 0 Å². The van der Waals surface area contributed by atoms with Crippen LogP contribution in [0, 0.1) is 0 Å². The number of hydrogen-bond donors (Lipinski definition) is 2. The average molecular weight is 326 g/mol. The van der Waals surface area contributed by atoms with E-state index in [4.69, 9.17) is 5.11 Å². The first kappa shape index (κ1) is 25.4. The second-order valence-electron chi connectivity index (χ2n) is 4.89. The summed E-state index contributed by atoms with van der Waals surface area (Å²) in [6.07, 6.45) is 2.87. The van der Waals surface area contributed by atoms with E-state index in [0.717, 1.165) is 45.3 Å². The lowest BCUT2D eigenvalue weighted by Crippen LogP contribution is -3.11. The van der Waals surface area contributed by atoms with Gasteiger partial charge in [0.05, 0.1) is 19.7 Å². The molecule has 21 heavy (non-hydrogen) atoms. The maximum absolute atomic E-state index is 10.5. The highest BCUT2D eigenvalue weighted by Crippen LogP contribution is 1.97. The number of nitrogens with one attached hydrogen (secondary N) is 1. The Morgan fingerprint density at radius 3 is 1.67 bits per heavy atom. The molecule has 2 N–H and O–H groups in total. The van der Waals surface area contributed by atoms with Crippen molar-refractivity contribution < 1.29 is 32.3 Å². The summed E-state index contributed by atoms with van der Waals surface area (Å²) in [5.41, 5.74) is 0. The van der Waals surface area contributed by atoms with Crippen LogP contribution in [0.25, 0.3) is 0 Å². The fourth-order valence-corrected chi connectivity index (χ4v) is 1.75. The summed E-state index contributed by atoms with van der Waals surface area (Å²) in [5.74, 6) is 0. The maximum atomic E-state index is 10.5. The molecule has 0 saturated carbocycles. The van der Waals surface area contributed by atoms with Crippen LogP contribution < -0.4 is 22.4 Å². The minimum absolute atomic E-state index is 0. The van der Waals surface area contributed by atoms with E-state index in [1.807, 2.05) is 13.8 Å². The van der Waals surface area contributed by atoms with Gasteiger partial charge in [0.15, 0.2) is 0 Å². The standard InChI is InChI=1S/C9H19NO2.C6H15NO.ClH/c1-3-5-7-10(9(11)12)8-6-4-2;1-3-7(4-2)5-6-8;/h3-8H2,1-2H3,(H,11,12);8H,3-6H2,1-2H3;1H/p-1. The molecule has 0 aliphatic rings. The summed E-state index contributed by atoms with van der Waals surface area (Å²) in [4.78, 5) is 13.4. The van der Waals surface area contributed by atoms with Crippen molar-refractivity contribution in [3.05, 3.63) is 0 Å². The summed E-state index contributed by atoms with van der Waals surface area (Å²) in [6.45, 7) is 13.1. The molecule has 0 fully saturated rings. The largest absolute Gasteiger partial charge is 1.00 e. The van der Waals surface area contributed by atoms with Crippen molar-refractivity contribution in [2.75, 3.05) is 39.3 Å². The topological polar surface area (TPSA) is 68.0 Å². The lowest BCUT2D eigenvalue weighted by atomic mass is 10.3. The van der Waals surface area contributed by atoms with Crippen LogP contribution in [0.3, 0.4) is 0 Å². The number of quaternary nitrogens is 1. The second kappa shape index (κ2) is 19.5. The van der Waals surface area contributed by atoms with Gasteiger partial charge in [0.2, 0.25) is 0 Å². The van der Waals surface area contributed by atoms with Crippen LogP contribution in [0.5, 0.6) is 0 Å². The van der Waals surface area contributed by atoms with Gasteiger partial charge in [-0.05, 0) is 26.7 Å². The molecular weight excluding hydrogens is 292 g/mol. The monoisotopic (exact) mass is 325 g/mol. The Morgan fingerprint density at radius 1 is 1.05 bits per heavy atom. The maximum Gasteiger partial charge on any atom is 0.136 e. The highest BCUT2D eigenvalue weighted by Gasteiger charge is 2.01. The number of carbonyl (C=O) groups is 1. The predicted octanol–water partition coefficient (Wildman–Crippen LogP) is -2.86. The number of likely N-dealkylation sites (N-methyl/N-ethyl adjacent to an activating group) is 1. The van der Waals surface area contributed by atoms with Gasteiger partial charge < -0.3 is 37.2 Å². The molecule has 0 atom stereocenters. The van der Waals surface area contributed by atoms with E-state index >= 15 is 0 Å². The van der Waals surface area contributed by atoms with Gasteiger partial charge in [0.1, 0.15) is 12.6 Å². The van der Waals surface area contributed by atoms with Crippen LogP contribution in [-0.4, -0.2) is 55.4 Å². The van der Waals surface area contributed by atoms with E-state index in [1.54, 1.807) is 0 Å². The Kier molecular flexibility index (Phi) is 23.6. The highest BCUT2D eigenvalue weighted by molar-refractivity contribution is 5.62. The molecule has 0 aromatic heterocycles. The summed E-state index contributed by atoms with van der Waals surface area (Å²) in [5, 5.41) is 19.0. The number of unbranched alkanes of at least 4 members (excludes halogenated alkanes) is 2. The van der Waals surface area contributed by atoms with Gasteiger partial charge in [-0.15, -0.1) is 0 Å². The number of hydrogen-bond acceptors (Lipinski definition) is 3. The second-order valence-corrected chi connectivity index (χ2v) is 4.89. The summed E-state index contributed by atoms with van der Waals surface area (Å²) in [7, 11) is 0. The van der Waals surface area contributed by atoms with Crippen molar-refractivity contribution in [1.29, 1.82) is 0 Å². The molecule has 6 heteroatoms. The van der Waals surface area contributed by atoms with Gasteiger partial charge in [-0.3, -0.25) is 0 Å². The molecular formula is C15H34ClN2O3-. The number of nitrogens with zero attached hydrogens (tertiary/aromatic N) is 1. The van der Waals surface area contributed by atoms with E-state index in [1.165, 1.54) is 9.80 Å². The Balaban J connectivity index is -0.000000317. The van der Waals surface area contributed by atoms with Crippen LogP contribution in [0.15, 0.2) is 0 Å². The number of rotatable bonds is 10. The summed E-state index contributed by atoms with van der Waals surface area (Å²) >= 11 is 0. The third kappa shape index (κ3) is 17.4. The Labute approximate surface area is 136 Å². The van der Waals surface area contributed by atoms with E-state index in [0.29, 0.717) is 19.7 Å². The van der Waals surface area contributed by atoms with Crippen molar-refractivity contribution in [2.24, 2.45) is 0 Å². The smallest absolute Gasteiger partial charge is 0.136 e. The van der Waals surface area contributed by atoms with Crippen LogP contribution in [0.1, 0.15) is 53.4 Å². The number of carboxylic acid groups (broad SMARTS) is 1. The first-order valence-corrected chi connectivity index (χ1v) is 7.97.